The third-order valence-corrected chi connectivity index (χ3v) is 6.06. The van der Waals surface area contributed by atoms with Crippen molar-refractivity contribution in [2.45, 2.75) is 38.8 Å². The van der Waals surface area contributed by atoms with Gasteiger partial charge in [0.25, 0.3) is 0 Å². The summed E-state index contributed by atoms with van der Waals surface area (Å²) >= 11 is 6.10. The van der Waals surface area contributed by atoms with Gasteiger partial charge in [-0.05, 0) is 60.9 Å². The van der Waals surface area contributed by atoms with Gasteiger partial charge in [0.1, 0.15) is 5.75 Å². The van der Waals surface area contributed by atoms with Crippen LogP contribution in [0.15, 0.2) is 78.9 Å². The van der Waals surface area contributed by atoms with Crippen LogP contribution in [0, 0.1) is 0 Å². The predicted molar refractivity (Wildman–Crippen MR) is 147 cm³/mol. The molecule has 5 nitrogen and oxygen atoms in total. The lowest BCUT2D eigenvalue weighted by Gasteiger charge is -2.18. The van der Waals surface area contributed by atoms with E-state index in [1.807, 2.05) is 91.9 Å². The minimum Gasteiger partial charge on any atom is -0.479 e. The monoisotopic (exact) mass is 500 g/mol. The van der Waals surface area contributed by atoms with Gasteiger partial charge in [0.2, 0.25) is 0 Å². The van der Waals surface area contributed by atoms with Crippen LogP contribution in [-0.4, -0.2) is 22.2 Å². The van der Waals surface area contributed by atoms with Crippen molar-refractivity contribution in [2.24, 2.45) is 0 Å². The van der Waals surface area contributed by atoms with E-state index < -0.39 is 12.1 Å². The largest absolute Gasteiger partial charge is 0.479 e. The Bertz CT molecular complexity index is 1370. The molecule has 0 spiro atoms. The number of fused-ring (bicyclic) bond motifs is 1. The number of hydrogen-bond acceptors (Lipinski definition) is 4. The molecule has 0 aliphatic rings. The number of unbranched alkanes of at least 4 members (excludes halogenated alkanes) is 1. The molecule has 1 heterocycles. The van der Waals surface area contributed by atoms with Gasteiger partial charge in [0.15, 0.2) is 6.10 Å². The van der Waals surface area contributed by atoms with Gasteiger partial charge in [0, 0.05) is 28.2 Å². The lowest BCUT2D eigenvalue weighted by Crippen LogP contribution is -2.27. The normalized spacial score (nSPS) is 12.1. The van der Waals surface area contributed by atoms with E-state index in [9.17, 15) is 9.90 Å². The van der Waals surface area contributed by atoms with Gasteiger partial charge >= 0.3 is 5.97 Å². The summed E-state index contributed by atoms with van der Waals surface area (Å²) < 4.78 is 5.88. The van der Waals surface area contributed by atoms with E-state index in [2.05, 4.69) is 16.4 Å². The maximum absolute atomic E-state index is 11.6. The number of pyridine rings is 1. The molecule has 1 aromatic heterocycles. The third kappa shape index (κ3) is 6.86. The van der Waals surface area contributed by atoms with E-state index in [1.54, 1.807) is 0 Å². The molecule has 0 radical (unpaired) electrons. The van der Waals surface area contributed by atoms with Gasteiger partial charge in [-0.25, -0.2) is 9.78 Å². The Morgan fingerprint density at radius 1 is 1.06 bits per heavy atom. The molecule has 36 heavy (non-hydrogen) atoms. The number of carbonyl (C=O) groups is 1. The smallest absolute Gasteiger partial charge is 0.344 e. The molecular formula is C30H29ClN2O3. The third-order valence-electron chi connectivity index (χ3n) is 5.83. The highest BCUT2D eigenvalue weighted by Gasteiger charge is 2.20. The first kappa shape index (κ1) is 25.3. The van der Waals surface area contributed by atoms with Crippen molar-refractivity contribution in [2.75, 3.05) is 5.32 Å². The average molecular weight is 501 g/mol. The molecule has 0 saturated carbocycles. The van der Waals surface area contributed by atoms with Gasteiger partial charge in [0.05, 0.1) is 11.2 Å². The van der Waals surface area contributed by atoms with Gasteiger partial charge < -0.3 is 15.2 Å². The van der Waals surface area contributed by atoms with Crippen LogP contribution in [0.2, 0.25) is 5.02 Å². The van der Waals surface area contributed by atoms with Crippen LogP contribution < -0.4 is 10.1 Å². The number of nitrogens with zero attached hydrogens (tertiary/aromatic N) is 1. The van der Waals surface area contributed by atoms with Crippen molar-refractivity contribution in [3.05, 3.63) is 101 Å². The molecule has 6 heteroatoms. The number of aromatic nitrogens is 1. The van der Waals surface area contributed by atoms with Gasteiger partial charge in [-0.1, -0.05) is 73.5 Å². The highest BCUT2D eigenvalue weighted by molar-refractivity contribution is 6.31. The molecule has 1 atom stereocenters. The molecule has 0 aliphatic heterocycles. The standard InChI is InChI=1S/C30H29ClN2O3/c1-2-3-10-29(30(34)35)36-28-11-5-4-8-23(28)20-32-26-9-6-7-21(18-26)12-16-25-17-14-22-13-15-24(31)19-27(22)33-25/h4-9,11-19,29,32H,2-3,10,20H2,1H3,(H,34,35). The number of anilines is 1. The molecule has 0 saturated heterocycles. The number of ether oxygens (including phenoxy) is 1. The van der Waals surface area contributed by atoms with Crippen LogP contribution in [0.25, 0.3) is 23.1 Å². The Hall–Kier alpha value is -3.83. The summed E-state index contributed by atoms with van der Waals surface area (Å²) in [6.07, 6.45) is 5.37. The number of para-hydroxylation sites is 1. The van der Waals surface area contributed by atoms with E-state index in [0.717, 1.165) is 46.3 Å². The molecule has 1 unspecified atom stereocenters. The zero-order valence-corrected chi connectivity index (χ0v) is 20.9. The molecule has 0 bridgehead atoms. The number of hydrogen-bond donors (Lipinski definition) is 2. The Morgan fingerprint density at radius 3 is 2.72 bits per heavy atom. The minimum atomic E-state index is -0.935. The summed E-state index contributed by atoms with van der Waals surface area (Å²) in [5, 5.41) is 14.7. The first-order valence-electron chi connectivity index (χ1n) is 12.1. The van der Waals surface area contributed by atoms with Crippen molar-refractivity contribution >= 4 is 46.3 Å². The zero-order chi connectivity index (χ0) is 25.3. The number of rotatable bonds is 11. The van der Waals surface area contributed by atoms with Crippen LogP contribution in [0.3, 0.4) is 0 Å². The quantitative estimate of drug-likeness (QED) is 0.221. The van der Waals surface area contributed by atoms with Crippen molar-refractivity contribution in [1.82, 2.24) is 4.98 Å². The van der Waals surface area contributed by atoms with Crippen LogP contribution in [-0.2, 0) is 11.3 Å². The number of carboxylic acid groups (broad SMARTS) is 1. The molecule has 4 aromatic rings. The average Bonchev–Trinajstić information content (AvgIpc) is 2.89. The summed E-state index contributed by atoms with van der Waals surface area (Å²) in [6, 6.07) is 25.3. The van der Waals surface area contributed by atoms with Crippen LogP contribution in [0.1, 0.15) is 43.0 Å². The Labute approximate surface area is 216 Å². The van der Waals surface area contributed by atoms with Crippen molar-refractivity contribution < 1.29 is 14.6 Å². The first-order valence-corrected chi connectivity index (χ1v) is 12.5. The summed E-state index contributed by atoms with van der Waals surface area (Å²) in [7, 11) is 0. The summed E-state index contributed by atoms with van der Waals surface area (Å²) in [5.41, 5.74) is 4.60. The molecule has 2 N–H and O–H groups in total. The van der Waals surface area contributed by atoms with Crippen molar-refractivity contribution in [1.29, 1.82) is 0 Å². The second kappa shape index (κ2) is 12.2. The Morgan fingerprint density at radius 2 is 1.89 bits per heavy atom. The first-order chi connectivity index (χ1) is 17.5. The highest BCUT2D eigenvalue weighted by atomic mass is 35.5. The van der Waals surface area contributed by atoms with Crippen molar-refractivity contribution in [3.8, 4) is 5.75 Å². The fraction of sp³-hybridized carbons (Fsp3) is 0.200. The fourth-order valence-electron chi connectivity index (χ4n) is 3.87. The number of aliphatic carboxylic acids is 1. The second-order valence-electron chi connectivity index (χ2n) is 8.58. The zero-order valence-electron chi connectivity index (χ0n) is 20.2. The predicted octanol–water partition coefficient (Wildman–Crippen LogP) is 7.69. The number of carboxylic acids is 1. The number of nitrogens with one attached hydrogen (secondary N) is 1. The Kier molecular flexibility index (Phi) is 8.58. The van der Waals surface area contributed by atoms with E-state index >= 15 is 0 Å². The van der Waals surface area contributed by atoms with E-state index in [1.165, 1.54) is 0 Å². The minimum absolute atomic E-state index is 0.487. The lowest BCUT2D eigenvalue weighted by molar-refractivity contribution is -0.145. The van der Waals surface area contributed by atoms with E-state index in [-0.39, 0.29) is 0 Å². The van der Waals surface area contributed by atoms with E-state index in [4.69, 9.17) is 16.3 Å². The van der Waals surface area contributed by atoms with Crippen LogP contribution in [0.4, 0.5) is 5.69 Å². The highest BCUT2D eigenvalue weighted by Crippen LogP contribution is 2.23. The number of halogens is 1. The SMILES string of the molecule is CCCCC(Oc1ccccc1CNc1cccc(C=Cc2ccc3ccc(Cl)cc3n2)c1)C(=O)O. The molecule has 3 aromatic carbocycles. The maximum atomic E-state index is 11.6. The summed E-state index contributed by atoms with van der Waals surface area (Å²) in [5.74, 6) is -0.346. The molecule has 184 valence electrons. The van der Waals surface area contributed by atoms with Crippen molar-refractivity contribution in [3.63, 3.8) is 0 Å². The van der Waals surface area contributed by atoms with E-state index in [0.29, 0.717) is 23.7 Å². The lowest BCUT2D eigenvalue weighted by atomic mass is 10.1. The Balaban J connectivity index is 1.43. The maximum Gasteiger partial charge on any atom is 0.344 e. The molecular weight excluding hydrogens is 472 g/mol. The van der Waals surface area contributed by atoms with Gasteiger partial charge in [-0.15, -0.1) is 0 Å². The fourth-order valence-corrected chi connectivity index (χ4v) is 4.04. The molecule has 0 fully saturated rings. The molecule has 0 aliphatic carbocycles. The topological polar surface area (TPSA) is 71.5 Å². The summed E-state index contributed by atoms with van der Waals surface area (Å²) in [4.78, 5) is 16.3. The summed E-state index contributed by atoms with van der Waals surface area (Å²) in [6.45, 7) is 2.55. The molecule has 4 rings (SSSR count). The van der Waals surface area contributed by atoms with Gasteiger partial charge in [-0.2, -0.15) is 0 Å². The van der Waals surface area contributed by atoms with Crippen LogP contribution in [0.5, 0.6) is 5.75 Å². The number of benzene rings is 3. The molecule has 0 amide bonds. The van der Waals surface area contributed by atoms with Gasteiger partial charge in [-0.3, -0.25) is 0 Å². The van der Waals surface area contributed by atoms with Crippen LogP contribution >= 0.6 is 11.6 Å². The second-order valence-corrected chi connectivity index (χ2v) is 9.02.